The average Bonchev–Trinajstić information content (AvgIpc) is 2.59. The lowest BCUT2D eigenvalue weighted by Gasteiger charge is -2.32. The molecule has 0 aromatic heterocycles. The van der Waals surface area contributed by atoms with Gasteiger partial charge in [-0.25, -0.2) is 4.79 Å². The number of amides is 1. The highest BCUT2D eigenvalue weighted by atomic mass is 16.6. The second-order valence-electron chi connectivity index (χ2n) is 5.83. The van der Waals surface area contributed by atoms with Crippen LogP contribution in [0.3, 0.4) is 0 Å². The number of rotatable bonds is 9. The molecule has 7 heteroatoms. The number of guanidine groups is 1. The van der Waals surface area contributed by atoms with E-state index in [2.05, 4.69) is 29.5 Å². The molecule has 0 spiro atoms. The number of likely N-dealkylation sites (tertiary alicyclic amines) is 1. The number of hydrogen-bond acceptors (Lipinski definition) is 4. The number of hydrogen-bond donors (Lipinski definition) is 2. The minimum absolute atomic E-state index is 0.208. The molecule has 1 heterocycles. The third kappa shape index (κ3) is 8.38. The minimum atomic E-state index is -0.208. The van der Waals surface area contributed by atoms with Crippen LogP contribution < -0.4 is 10.6 Å². The average molecular weight is 342 g/mol. The van der Waals surface area contributed by atoms with Gasteiger partial charge in [0.25, 0.3) is 0 Å². The smallest absolute Gasteiger partial charge is 0.409 e. The Morgan fingerprint density at radius 1 is 1.21 bits per heavy atom. The molecule has 0 aliphatic carbocycles. The summed E-state index contributed by atoms with van der Waals surface area (Å²) in [6.45, 7) is 10.8. The number of carbonyl (C=O) groups is 1. The van der Waals surface area contributed by atoms with E-state index in [-0.39, 0.29) is 6.09 Å². The van der Waals surface area contributed by atoms with Crippen molar-refractivity contribution in [2.24, 2.45) is 4.99 Å². The van der Waals surface area contributed by atoms with Gasteiger partial charge in [0.1, 0.15) is 0 Å². The van der Waals surface area contributed by atoms with Crippen molar-refractivity contribution in [1.29, 1.82) is 0 Å². The van der Waals surface area contributed by atoms with Gasteiger partial charge in [-0.2, -0.15) is 0 Å². The molecule has 0 bridgehead atoms. The molecule has 0 atom stereocenters. The van der Waals surface area contributed by atoms with Crippen LogP contribution in [0.25, 0.3) is 0 Å². The molecule has 0 radical (unpaired) electrons. The zero-order chi connectivity index (χ0) is 17.6. The van der Waals surface area contributed by atoms with E-state index < -0.39 is 0 Å². The van der Waals surface area contributed by atoms with E-state index >= 15 is 0 Å². The number of ether oxygens (including phenoxy) is 2. The highest BCUT2D eigenvalue weighted by Gasteiger charge is 2.23. The van der Waals surface area contributed by atoms with E-state index in [0.717, 1.165) is 57.9 Å². The molecule has 140 valence electrons. The van der Waals surface area contributed by atoms with Crippen molar-refractivity contribution in [3.63, 3.8) is 0 Å². The van der Waals surface area contributed by atoms with Crippen molar-refractivity contribution in [1.82, 2.24) is 15.5 Å². The Morgan fingerprint density at radius 2 is 1.96 bits per heavy atom. The number of carbonyl (C=O) groups excluding carboxylic acids is 1. The zero-order valence-electron chi connectivity index (χ0n) is 15.5. The molecule has 0 saturated carbocycles. The number of piperidine rings is 1. The fourth-order valence-corrected chi connectivity index (χ4v) is 2.50. The zero-order valence-corrected chi connectivity index (χ0v) is 15.5. The summed E-state index contributed by atoms with van der Waals surface area (Å²) < 4.78 is 10.6. The molecule has 1 rings (SSSR count). The second kappa shape index (κ2) is 12.9. The van der Waals surface area contributed by atoms with Crippen LogP contribution in [0.1, 0.15) is 46.5 Å². The Morgan fingerprint density at radius 3 is 2.58 bits per heavy atom. The first-order chi connectivity index (χ1) is 11.7. The number of nitrogens with one attached hydrogen (secondary N) is 2. The van der Waals surface area contributed by atoms with Crippen LogP contribution >= 0.6 is 0 Å². The molecule has 1 aliphatic rings. The van der Waals surface area contributed by atoms with Crippen molar-refractivity contribution in [2.75, 3.05) is 46.0 Å². The predicted octanol–water partition coefficient (Wildman–Crippen LogP) is 1.98. The monoisotopic (exact) mass is 342 g/mol. The van der Waals surface area contributed by atoms with Crippen LogP contribution in [-0.4, -0.2) is 69.0 Å². The van der Waals surface area contributed by atoms with Gasteiger partial charge >= 0.3 is 6.09 Å². The first-order valence-corrected chi connectivity index (χ1v) is 9.25. The third-order valence-electron chi connectivity index (χ3n) is 3.85. The van der Waals surface area contributed by atoms with E-state index in [9.17, 15) is 4.79 Å². The van der Waals surface area contributed by atoms with Crippen molar-refractivity contribution in [2.45, 2.75) is 52.5 Å². The van der Waals surface area contributed by atoms with Gasteiger partial charge < -0.3 is 25.0 Å². The lowest BCUT2D eigenvalue weighted by Crippen LogP contribution is -2.50. The van der Waals surface area contributed by atoms with Crippen LogP contribution in [0, 0.1) is 0 Å². The van der Waals surface area contributed by atoms with E-state index in [1.807, 2.05) is 6.92 Å². The molecule has 1 saturated heterocycles. The van der Waals surface area contributed by atoms with Gasteiger partial charge in [-0.3, -0.25) is 4.99 Å². The molecule has 0 aromatic carbocycles. The molecule has 24 heavy (non-hydrogen) atoms. The summed E-state index contributed by atoms with van der Waals surface area (Å²) in [5, 5.41) is 6.72. The third-order valence-corrected chi connectivity index (χ3v) is 3.85. The maximum Gasteiger partial charge on any atom is 0.409 e. The number of nitrogens with zero attached hydrogens (tertiary/aromatic N) is 2. The van der Waals surface area contributed by atoms with Gasteiger partial charge in [0.05, 0.1) is 19.8 Å². The van der Waals surface area contributed by atoms with Crippen LogP contribution in [0.15, 0.2) is 4.99 Å². The van der Waals surface area contributed by atoms with Gasteiger partial charge in [0, 0.05) is 32.3 Å². The standard InChI is InChI=1S/C17H34N4O3/c1-4-7-13-23-14-10-19-16(18-5-2)20-15-8-11-21(12-9-15)17(22)24-6-3/h15H,4-14H2,1-3H3,(H2,18,19,20). The largest absolute Gasteiger partial charge is 0.450 e. The molecular formula is C17H34N4O3. The summed E-state index contributed by atoms with van der Waals surface area (Å²) in [7, 11) is 0. The summed E-state index contributed by atoms with van der Waals surface area (Å²) in [6.07, 6.45) is 3.84. The molecular weight excluding hydrogens is 308 g/mol. The summed E-state index contributed by atoms with van der Waals surface area (Å²) in [6, 6.07) is 0.328. The van der Waals surface area contributed by atoms with E-state index in [0.29, 0.717) is 25.8 Å². The lowest BCUT2D eigenvalue weighted by molar-refractivity contribution is 0.0963. The molecule has 1 aliphatic heterocycles. The van der Waals surface area contributed by atoms with Gasteiger partial charge in [-0.15, -0.1) is 0 Å². The number of aliphatic imine (C=N–C) groups is 1. The highest BCUT2D eigenvalue weighted by molar-refractivity contribution is 5.80. The van der Waals surface area contributed by atoms with Crippen LogP contribution in [0.2, 0.25) is 0 Å². The fraction of sp³-hybridized carbons (Fsp3) is 0.882. The first kappa shape index (κ1) is 20.5. The van der Waals surface area contributed by atoms with Crippen molar-refractivity contribution >= 4 is 12.1 Å². The molecule has 1 fully saturated rings. The summed E-state index contributed by atoms with van der Waals surface area (Å²) in [5.74, 6) is 0.825. The van der Waals surface area contributed by atoms with Crippen LogP contribution in [0.5, 0.6) is 0 Å². The fourth-order valence-electron chi connectivity index (χ4n) is 2.50. The van der Waals surface area contributed by atoms with E-state index in [1.54, 1.807) is 4.90 Å². The van der Waals surface area contributed by atoms with E-state index in [1.165, 1.54) is 0 Å². The van der Waals surface area contributed by atoms with E-state index in [4.69, 9.17) is 9.47 Å². The lowest BCUT2D eigenvalue weighted by atomic mass is 10.1. The molecule has 0 unspecified atom stereocenters. The molecule has 2 N–H and O–H groups in total. The van der Waals surface area contributed by atoms with Gasteiger partial charge in [0.2, 0.25) is 0 Å². The number of unbranched alkanes of at least 4 members (excludes halogenated alkanes) is 1. The molecule has 7 nitrogen and oxygen atoms in total. The quantitative estimate of drug-likeness (QED) is 0.381. The normalized spacial score (nSPS) is 16.1. The maximum absolute atomic E-state index is 11.7. The SMILES string of the molecule is CCCCOCCN=C(NCC)NC1CCN(C(=O)OCC)CC1. The van der Waals surface area contributed by atoms with Gasteiger partial charge in [-0.05, 0) is 33.1 Å². The minimum Gasteiger partial charge on any atom is -0.450 e. The second-order valence-corrected chi connectivity index (χ2v) is 5.83. The predicted molar refractivity (Wildman–Crippen MR) is 96.5 cm³/mol. The van der Waals surface area contributed by atoms with Crippen molar-refractivity contribution < 1.29 is 14.3 Å². The van der Waals surface area contributed by atoms with Crippen LogP contribution in [-0.2, 0) is 9.47 Å². The summed E-state index contributed by atoms with van der Waals surface area (Å²) in [5.41, 5.74) is 0. The Labute approximate surface area is 146 Å². The highest BCUT2D eigenvalue weighted by Crippen LogP contribution is 2.11. The van der Waals surface area contributed by atoms with Crippen LogP contribution in [0.4, 0.5) is 4.79 Å². The molecule has 0 aromatic rings. The van der Waals surface area contributed by atoms with Crippen molar-refractivity contribution in [3.8, 4) is 0 Å². The Hall–Kier alpha value is -1.50. The molecule has 1 amide bonds. The first-order valence-electron chi connectivity index (χ1n) is 9.25. The topological polar surface area (TPSA) is 75.2 Å². The van der Waals surface area contributed by atoms with Gasteiger partial charge in [-0.1, -0.05) is 13.3 Å². The Kier molecular flexibility index (Phi) is 11.0. The van der Waals surface area contributed by atoms with Gasteiger partial charge in [0.15, 0.2) is 5.96 Å². The Balaban J connectivity index is 2.31. The van der Waals surface area contributed by atoms with Crippen molar-refractivity contribution in [3.05, 3.63) is 0 Å². The maximum atomic E-state index is 11.7. The Bertz CT molecular complexity index is 369. The summed E-state index contributed by atoms with van der Waals surface area (Å²) >= 11 is 0. The summed E-state index contributed by atoms with van der Waals surface area (Å²) in [4.78, 5) is 18.0.